The molecule has 1 saturated heterocycles. The maximum absolute atomic E-state index is 13.2. The van der Waals surface area contributed by atoms with Gasteiger partial charge in [0.25, 0.3) is 11.7 Å². The molecule has 0 bridgehead atoms. The van der Waals surface area contributed by atoms with E-state index in [1.807, 2.05) is 61.7 Å². The van der Waals surface area contributed by atoms with Crippen LogP contribution in [0.4, 0.5) is 0 Å². The third-order valence-corrected chi connectivity index (χ3v) is 6.88. The summed E-state index contributed by atoms with van der Waals surface area (Å²) in [4.78, 5) is 31.2. The first-order valence-electron chi connectivity index (χ1n) is 11.1. The number of fused-ring (bicyclic) bond motifs is 1. The Morgan fingerprint density at radius 1 is 1.00 bits per heavy atom. The third-order valence-electron chi connectivity index (χ3n) is 6.35. The maximum atomic E-state index is 13.2. The van der Waals surface area contributed by atoms with Gasteiger partial charge in [-0.3, -0.25) is 9.59 Å². The number of aromatic nitrogens is 1. The second-order valence-electron chi connectivity index (χ2n) is 8.52. The van der Waals surface area contributed by atoms with Crippen LogP contribution in [-0.4, -0.2) is 33.2 Å². The summed E-state index contributed by atoms with van der Waals surface area (Å²) in [6.45, 7) is 2.33. The van der Waals surface area contributed by atoms with Gasteiger partial charge in [-0.15, -0.1) is 0 Å². The summed E-state index contributed by atoms with van der Waals surface area (Å²) in [5.74, 6) is -1.42. The van der Waals surface area contributed by atoms with Crippen molar-refractivity contribution in [1.82, 2.24) is 9.88 Å². The second-order valence-corrected chi connectivity index (χ2v) is 9.44. The van der Waals surface area contributed by atoms with Crippen molar-refractivity contribution < 1.29 is 14.7 Å². The number of aliphatic hydroxyl groups is 1. The van der Waals surface area contributed by atoms with E-state index >= 15 is 0 Å². The van der Waals surface area contributed by atoms with Crippen molar-refractivity contribution in [3.8, 4) is 0 Å². The average molecular weight is 515 g/mol. The Morgan fingerprint density at radius 2 is 1.71 bits per heavy atom. The molecule has 34 heavy (non-hydrogen) atoms. The van der Waals surface area contributed by atoms with E-state index in [4.69, 9.17) is 0 Å². The lowest BCUT2D eigenvalue weighted by molar-refractivity contribution is -0.139. The molecule has 1 unspecified atom stereocenters. The first-order chi connectivity index (χ1) is 16.4. The molecule has 1 fully saturated rings. The molecule has 5 rings (SSSR count). The molecule has 4 aromatic rings. The van der Waals surface area contributed by atoms with Gasteiger partial charge in [0.2, 0.25) is 0 Å². The van der Waals surface area contributed by atoms with E-state index in [2.05, 4.69) is 20.9 Å². The highest BCUT2D eigenvalue weighted by Crippen LogP contribution is 2.39. The number of aromatic amines is 1. The zero-order chi connectivity index (χ0) is 23.8. The van der Waals surface area contributed by atoms with Crippen molar-refractivity contribution in [3.63, 3.8) is 0 Å². The number of hydrogen-bond donors (Lipinski definition) is 2. The lowest BCUT2D eigenvalue weighted by Crippen LogP contribution is -2.31. The number of nitrogens with one attached hydrogen (secondary N) is 1. The minimum atomic E-state index is -0.662. The number of aliphatic hydroxyl groups excluding tert-OH is 1. The van der Waals surface area contributed by atoms with E-state index in [0.29, 0.717) is 18.5 Å². The number of likely N-dealkylation sites (tertiary alicyclic amines) is 1. The summed E-state index contributed by atoms with van der Waals surface area (Å²) in [5, 5.41) is 12.3. The third kappa shape index (κ3) is 3.94. The molecule has 2 heterocycles. The largest absolute Gasteiger partial charge is 0.507 e. The summed E-state index contributed by atoms with van der Waals surface area (Å²) < 4.78 is 0.860. The number of para-hydroxylation sites is 1. The summed E-state index contributed by atoms with van der Waals surface area (Å²) in [6, 6.07) is 22.1. The maximum Gasteiger partial charge on any atom is 0.295 e. The van der Waals surface area contributed by atoms with E-state index < -0.39 is 17.7 Å². The number of amides is 1. The molecule has 170 valence electrons. The van der Waals surface area contributed by atoms with Crippen molar-refractivity contribution >= 4 is 44.3 Å². The van der Waals surface area contributed by atoms with Crippen molar-refractivity contribution in [3.05, 3.63) is 111 Å². The van der Waals surface area contributed by atoms with Gasteiger partial charge in [0.05, 0.1) is 11.6 Å². The highest BCUT2D eigenvalue weighted by atomic mass is 79.9. The molecule has 0 aliphatic carbocycles. The van der Waals surface area contributed by atoms with Gasteiger partial charge < -0.3 is 15.0 Å². The first kappa shape index (κ1) is 22.2. The zero-order valence-electron chi connectivity index (χ0n) is 18.6. The minimum absolute atomic E-state index is 0.120. The van der Waals surface area contributed by atoms with Crippen LogP contribution in [0.1, 0.15) is 28.3 Å². The Morgan fingerprint density at radius 3 is 2.44 bits per heavy atom. The number of carbonyl (C=O) groups is 2. The minimum Gasteiger partial charge on any atom is -0.507 e. The molecular formula is C28H23BrN2O3. The number of carbonyl (C=O) groups excluding carboxylic acids is 2. The van der Waals surface area contributed by atoms with Crippen LogP contribution in [-0.2, 0) is 16.0 Å². The van der Waals surface area contributed by atoms with Crippen molar-refractivity contribution in [2.45, 2.75) is 19.4 Å². The molecular weight excluding hydrogens is 492 g/mol. The Bertz CT molecular complexity index is 1420. The van der Waals surface area contributed by atoms with Crippen LogP contribution in [0.2, 0.25) is 0 Å². The number of halogens is 1. The number of rotatable bonds is 5. The van der Waals surface area contributed by atoms with E-state index in [0.717, 1.165) is 32.1 Å². The number of ketones is 1. The summed E-state index contributed by atoms with van der Waals surface area (Å²) >= 11 is 3.39. The van der Waals surface area contributed by atoms with Gasteiger partial charge in [0.1, 0.15) is 5.76 Å². The summed E-state index contributed by atoms with van der Waals surface area (Å²) in [6.07, 6.45) is 2.53. The molecule has 0 saturated carbocycles. The smallest absolute Gasteiger partial charge is 0.295 e. The van der Waals surface area contributed by atoms with Crippen LogP contribution in [0.3, 0.4) is 0 Å². The first-order valence-corrected chi connectivity index (χ1v) is 11.9. The predicted molar refractivity (Wildman–Crippen MR) is 136 cm³/mol. The van der Waals surface area contributed by atoms with E-state index in [1.165, 1.54) is 0 Å². The fraction of sp³-hybridized carbons (Fsp3) is 0.143. The fourth-order valence-electron chi connectivity index (χ4n) is 4.55. The van der Waals surface area contributed by atoms with Crippen molar-refractivity contribution in [2.24, 2.45) is 0 Å². The van der Waals surface area contributed by atoms with E-state index in [1.54, 1.807) is 29.2 Å². The number of hydrogen-bond acceptors (Lipinski definition) is 3. The second kappa shape index (κ2) is 8.95. The van der Waals surface area contributed by atoms with E-state index in [9.17, 15) is 14.7 Å². The van der Waals surface area contributed by atoms with Gasteiger partial charge in [-0.1, -0.05) is 76.1 Å². The number of nitrogens with zero attached hydrogens (tertiary/aromatic N) is 1. The molecule has 0 radical (unpaired) electrons. The molecule has 5 nitrogen and oxygen atoms in total. The molecule has 1 aromatic heterocycles. The van der Waals surface area contributed by atoms with Crippen LogP contribution in [0.15, 0.2) is 89.0 Å². The average Bonchev–Trinajstić information content (AvgIpc) is 3.37. The zero-order valence-corrected chi connectivity index (χ0v) is 20.2. The van der Waals surface area contributed by atoms with Crippen molar-refractivity contribution in [1.29, 1.82) is 0 Å². The topological polar surface area (TPSA) is 73.4 Å². The Labute approximate surface area is 205 Å². The Balaban J connectivity index is 1.56. The Kier molecular flexibility index (Phi) is 5.84. The SMILES string of the molecule is Cc1ccc(C2/C(=C(\O)c3ccc(Br)cc3)C(=O)C(=O)N2CCc2c[nH]c3ccccc23)cc1. The normalized spacial score (nSPS) is 17.6. The van der Waals surface area contributed by atoms with Gasteiger partial charge >= 0.3 is 0 Å². The standard InChI is InChI=1S/C28H23BrN2O3/c1-17-6-8-18(9-7-17)25-24(26(32)19-10-12-21(29)13-11-19)27(33)28(34)31(25)15-14-20-16-30-23-5-3-2-4-22(20)23/h2-13,16,25,30,32H,14-15H2,1H3/b26-24+. The highest BCUT2D eigenvalue weighted by Gasteiger charge is 2.45. The monoisotopic (exact) mass is 514 g/mol. The number of Topliss-reactive ketones (excluding diaryl/α,β-unsaturated/α-hetero) is 1. The molecule has 2 N–H and O–H groups in total. The quantitative estimate of drug-likeness (QED) is 0.197. The predicted octanol–water partition coefficient (Wildman–Crippen LogP) is 5.90. The number of benzene rings is 3. The number of H-pyrrole nitrogens is 1. The van der Waals surface area contributed by atoms with Crippen LogP contribution >= 0.6 is 15.9 Å². The molecule has 0 spiro atoms. The summed E-state index contributed by atoms with van der Waals surface area (Å²) in [7, 11) is 0. The molecule has 6 heteroatoms. The van der Waals surface area contributed by atoms with Crippen LogP contribution < -0.4 is 0 Å². The summed E-state index contributed by atoms with van der Waals surface area (Å²) in [5.41, 5.74) is 4.60. The molecule has 1 aliphatic rings. The molecule has 3 aromatic carbocycles. The molecule has 1 aliphatic heterocycles. The van der Waals surface area contributed by atoms with E-state index in [-0.39, 0.29) is 11.3 Å². The van der Waals surface area contributed by atoms with Gasteiger partial charge in [-0.25, -0.2) is 0 Å². The highest BCUT2D eigenvalue weighted by molar-refractivity contribution is 9.10. The number of aryl methyl sites for hydroxylation is 1. The van der Waals surface area contributed by atoms with Crippen LogP contribution in [0.5, 0.6) is 0 Å². The van der Waals surface area contributed by atoms with Gasteiger partial charge in [-0.05, 0) is 42.7 Å². The van der Waals surface area contributed by atoms with Crippen molar-refractivity contribution in [2.75, 3.05) is 6.54 Å². The van der Waals surface area contributed by atoms with Gasteiger partial charge in [0, 0.05) is 33.7 Å². The lowest BCUT2D eigenvalue weighted by Gasteiger charge is -2.25. The fourth-order valence-corrected chi connectivity index (χ4v) is 4.81. The van der Waals surface area contributed by atoms with Gasteiger partial charge in [-0.2, -0.15) is 0 Å². The molecule has 1 atom stereocenters. The van der Waals surface area contributed by atoms with Gasteiger partial charge in [0.15, 0.2) is 0 Å². The molecule has 1 amide bonds. The van der Waals surface area contributed by atoms with Crippen LogP contribution in [0.25, 0.3) is 16.7 Å². The Hall–Kier alpha value is -3.64. The lowest BCUT2D eigenvalue weighted by atomic mass is 9.94. The van der Waals surface area contributed by atoms with Crippen LogP contribution in [0, 0.1) is 6.92 Å².